The monoisotopic (exact) mass is 310 g/mol. The summed E-state index contributed by atoms with van der Waals surface area (Å²) in [6, 6.07) is 2.07. The molecule has 3 heteroatoms. The molecule has 0 amide bonds. The van der Waals surface area contributed by atoms with Gasteiger partial charge in [-0.05, 0) is 54.4 Å². The zero-order chi connectivity index (χ0) is 16.5. The van der Waals surface area contributed by atoms with Gasteiger partial charge in [0.2, 0.25) is 11.6 Å². The molecule has 0 bridgehead atoms. The minimum Gasteiger partial charge on any atom is -0.492 e. The Bertz CT molecular complexity index is 796. The number of rotatable bonds is 0. The number of carbonyl (C=O) groups excluding carboxylic acids is 2. The number of ketones is 2. The summed E-state index contributed by atoms with van der Waals surface area (Å²) in [7, 11) is 0. The van der Waals surface area contributed by atoms with Gasteiger partial charge in [-0.2, -0.15) is 0 Å². The molecule has 23 heavy (non-hydrogen) atoms. The van der Waals surface area contributed by atoms with Gasteiger partial charge in [0.15, 0.2) is 0 Å². The second kappa shape index (κ2) is 4.56. The number of hydrogen-bond donors (Lipinski definition) is 0. The molecule has 1 atom stereocenters. The molecule has 0 saturated carbocycles. The van der Waals surface area contributed by atoms with E-state index in [2.05, 4.69) is 26.8 Å². The van der Waals surface area contributed by atoms with Gasteiger partial charge in [0.05, 0.1) is 12.2 Å². The van der Waals surface area contributed by atoms with E-state index < -0.39 is 0 Å². The standard InChI is InChI=1S/C20H22O3/c1-10-8-13-15(12-6-5-7-20(3,4)16(10)12)18(22)17(21)14-11(2)9-23-19(13)14/h8,11H,5-7,9H2,1-4H3. The minimum absolute atomic E-state index is 0.00220. The van der Waals surface area contributed by atoms with Crippen LogP contribution in [0.2, 0.25) is 0 Å². The number of hydrogen-bond acceptors (Lipinski definition) is 3. The van der Waals surface area contributed by atoms with Crippen LogP contribution in [0, 0.1) is 12.8 Å². The third-order valence-corrected chi connectivity index (χ3v) is 5.67. The van der Waals surface area contributed by atoms with E-state index in [-0.39, 0.29) is 22.9 Å². The second-order valence-electron chi connectivity index (χ2n) is 7.82. The molecule has 1 aromatic carbocycles. The number of benzene rings is 1. The highest BCUT2D eigenvalue weighted by molar-refractivity contribution is 6.52. The van der Waals surface area contributed by atoms with Crippen molar-refractivity contribution in [2.75, 3.05) is 6.61 Å². The van der Waals surface area contributed by atoms with Crippen LogP contribution in [-0.2, 0) is 21.4 Å². The molecule has 3 nitrogen and oxygen atoms in total. The van der Waals surface area contributed by atoms with Crippen molar-refractivity contribution in [3.63, 3.8) is 0 Å². The summed E-state index contributed by atoms with van der Waals surface area (Å²) in [4.78, 5) is 25.5. The molecular weight excluding hydrogens is 288 g/mol. The number of fused-ring (bicyclic) bond motifs is 4. The normalized spacial score (nSPS) is 25.0. The highest BCUT2D eigenvalue weighted by Crippen LogP contribution is 2.46. The summed E-state index contributed by atoms with van der Waals surface area (Å²) in [6.45, 7) is 9.03. The van der Waals surface area contributed by atoms with Crippen LogP contribution in [0.4, 0.5) is 0 Å². The van der Waals surface area contributed by atoms with E-state index in [0.29, 0.717) is 23.5 Å². The van der Waals surface area contributed by atoms with Crippen LogP contribution in [0.5, 0.6) is 0 Å². The third-order valence-electron chi connectivity index (χ3n) is 5.67. The highest BCUT2D eigenvalue weighted by Gasteiger charge is 2.43. The fourth-order valence-electron chi connectivity index (χ4n) is 4.73. The molecule has 0 N–H and O–H groups in total. The number of Topliss-reactive ketones (excluding diaryl/α,β-unsaturated/α-hetero) is 2. The summed E-state index contributed by atoms with van der Waals surface area (Å²) in [6.07, 6.45) is 3.05. The maximum absolute atomic E-state index is 12.9. The molecule has 4 rings (SSSR count). The van der Waals surface area contributed by atoms with Crippen molar-refractivity contribution in [2.24, 2.45) is 5.92 Å². The SMILES string of the molecule is Cc1cc2c(c3c1C(C)(C)CCC3)C(=O)C(=O)C1=C2OCC1C. The molecule has 0 fully saturated rings. The van der Waals surface area contributed by atoms with E-state index in [1.807, 2.05) is 6.92 Å². The van der Waals surface area contributed by atoms with Crippen molar-refractivity contribution in [2.45, 2.75) is 52.4 Å². The topological polar surface area (TPSA) is 43.4 Å². The Balaban J connectivity index is 2.07. The maximum atomic E-state index is 12.9. The molecule has 1 heterocycles. The smallest absolute Gasteiger partial charge is 0.234 e. The molecule has 120 valence electrons. The van der Waals surface area contributed by atoms with Crippen LogP contribution in [0.25, 0.3) is 5.76 Å². The number of aryl methyl sites for hydroxylation is 1. The molecule has 0 spiro atoms. The van der Waals surface area contributed by atoms with E-state index in [1.165, 1.54) is 11.1 Å². The average Bonchev–Trinajstić information content (AvgIpc) is 2.85. The largest absolute Gasteiger partial charge is 0.492 e. The lowest BCUT2D eigenvalue weighted by molar-refractivity contribution is -0.112. The van der Waals surface area contributed by atoms with Gasteiger partial charge in [-0.1, -0.05) is 20.8 Å². The van der Waals surface area contributed by atoms with Gasteiger partial charge in [0, 0.05) is 17.0 Å². The van der Waals surface area contributed by atoms with Crippen molar-refractivity contribution in [1.29, 1.82) is 0 Å². The predicted octanol–water partition coefficient (Wildman–Crippen LogP) is 3.75. The van der Waals surface area contributed by atoms with Crippen LogP contribution >= 0.6 is 0 Å². The second-order valence-corrected chi connectivity index (χ2v) is 7.82. The summed E-state index contributed by atoms with van der Waals surface area (Å²) < 4.78 is 5.82. The zero-order valence-electron chi connectivity index (χ0n) is 14.2. The Kier molecular flexibility index (Phi) is 2.91. The van der Waals surface area contributed by atoms with E-state index in [0.717, 1.165) is 30.4 Å². The van der Waals surface area contributed by atoms with Crippen LogP contribution in [-0.4, -0.2) is 18.2 Å². The van der Waals surface area contributed by atoms with E-state index in [4.69, 9.17) is 4.74 Å². The van der Waals surface area contributed by atoms with Crippen molar-refractivity contribution in [1.82, 2.24) is 0 Å². The van der Waals surface area contributed by atoms with Crippen LogP contribution in [0.3, 0.4) is 0 Å². The maximum Gasteiger partial charge on any atom is 0.234 e. The van der Waals surface area contributed by atoms with Crippen LogP contribution in [0.1, 0.15) is 66.2 Å². The Morgan fingerprint density at radius 3 is 2.70 bits per heavy atom. The summed E-state index contributed by atoms with van der Waals surface area (Å²) in [5, 5.41) is 0. The molecule has 1 unspecified atom stereocenters. The van der Waals surface area contributed by atoms with Crippen molar-refractivity contribution in [3.05, 3.63) is 39.5 Å². The summed E-state index contributed by atoms with van der Waals surface area (Å²) in [5.74, 6) is -0.0225. The first kappa shape index (κ1) is 14.7. The Morgan fingerprint density at radius 2 is 1.96 bits per heavy atom. The first-order valence-electron chi connectivity index (χ1n) is 8.46. The number of carbonyl (C=O) groups is 2. The molecule has 2 aliphatic carbocycles. The Hall–Kier alpha value is -1.90. The first-order chi connectivity index (χ1) is 10.8. The van der Waals surface area contributed by atoms with E-state index in [9.17, 15) is 9.59 Å². The predicted molar refractivity (Wildman–Crippen MR) is 88.5 cm³/mol. The van der Waals surface area contributed by atoms with Crippen molar-refractivity contribution >= 4 is 17.3 Å². The molecule has 1 aromatic rings. The van der Waals surface area contributed by atoms with Gasteiger partial charge >= 0.3 is 0 Å². The third kappa shape index (κ3) is 1.82. The Labute approximate surface area is 136 Å². The first-order valence-corrected chi connectivity index (χ1v) is 8.46. The molecule has 3 aliphatic rings. The van der Waals surface area contributed by atoms with Crippen LogP contribution < -0.4 is 0 Å². The van der Waals surface area contributed by atoms with E-state index in [1.54, 1.807) is 0 Å². The van der Waals surface area contributed by atoms with Crippen LogP contribution in [0.15, 0.2) is 11.6 Å². The molecule has 0 aromatic heterocycles. The van der Waals surface area contributed by atoms with Crippen molar-refractivity contribution in [3.8, 4) is 0 Å². The van der Waals surface area contributed by atoms with Crippen molar-refractivity contribution < 1.29 is 14.3 Å². The molecule has 0 saturated heterocycles. The molecular formula is C20H22O3. The highest BCUT2D eigenvalue weighted by atomic mass is 16.5. The molecule has 0 radical (unpaired) electrons. The lowest BCUT2D eigenvalue weighted by Crippen LogP contribution is -2.32. The fraction of sp³-hybridized carbons (Fsp3) is 0.500. The quantitative estimate of drug-likeness (QED) is 0.685. The number of ether oxygens (including phenoxy) is 1. The van der Waals surface area contributed by atoms with Gasteiger partial charge in [0.25, 0.3) is 0 Å². The molecule has 1 aliphatic heterocycles. The van der Waals surface area contributed by atoms with E-state index >= 15 is 0 Å². The average molecular weight is 310 g/mol. The van der Waals surface area contributed by atoms with Gasteiger partial charge in [0.1, 0.15) is 5.76 Å². The lowest BCUT2D eigenvalue weighted by atomic mass is 9.67. The van der Waals surface area contributed by atoms with Gasteiger partial charge in [-0.3, -0.25) is 9.59 Å². The zero-order valence-corrected chi connectivity index (χ0v) is 14.2. The Morgan fingerprint density at radius 1 is 1.22 bits per heavy atom. The van der Waals surface area contributed by atoms with Gasteiger partial charge in [-0.25, -0.2) is 0 Å². The summed E-state index contributed by atoms with van der Waals surface area (Å²) in [5.41, 5.74) is 5.66. The lowest BCUT2D eigenvalue weighted by Gasteiger charge is -2.36. The minimum atomic E-state index is -0.355. The summed E-state index contributed by atoms with van der Waals surface area (Å²) >= 11 is 0. The fourth-order valence-corrected chi connectivity index (χ4v) is 4.73. The van der Waals surface area contributed by atoms with Gasteiger partial charge in [-0.15, -0.1) is 0 Å². The van der Waals surface area contributed by atoms with Gasteiger partial charge < -0.3 is 4.74 Å².